The molecule has 0 aliphatic carbocycles. The van der Waals surface area contributed by atoms with Crippen molar-refractivity contribution in [3.63, 3.8) is 0 Å². The second-order valence-corrected chi connectivity index (χ2v) is 8.99. The Kier molecular flexibility index (Phi) is 6.87. The molecule has 0 bridgehead atoms. The van der Waals surface area contributed by atoms with Crippen LogP contribution in [0.2, 0.25) is 0 Å². The highest BCUT2D eigenvalue weighted by atomic mass is 32.2. The molecule has 8 heteroatoms. The zero-order chi connectivity index (χ0) is 20.9. The van der Waals surface area contributed by atoms with Gasteiger partial charge in [0.2, 0.25) is 15.9 Å². The molecule has 1 aliphatic rings. The van der Waals surface area contributed by atoms with Crippen LogP contribution in [0.15, 0.2) is 47.5 Å². The molecule has 1 aromatic carbocycles. The lowest BCUT2D eigenvalue weighted by atomic mass is 10.1. The first-order valence-electron chi connectivity index (χ1n) is 9.89. The molecule has 1 amide bonds. The van der Waals surface area contributed by atoms with Crippen LogP contribution >= 0.6 is 0 Å². The summed E-state index contributed by atoms with van der Waals surface area (Å²) in [7, 11) is -3.54. The van der Waals surface area contributed by atoms with Crippen molar-refractivity contribution in [2.45, 2.75) is 50.6 Å². The SMILES string of the molecule is CCOc1cc(CNC(=O)c2ccc(S(=O)(=O)N3CCCCC3C)cc2)ccn1. The van der Waals surface area contributed by atoms with Gasteiger partial charge in [0, 0.05) is 37.0 Å². The predicted molar refractivity (Wildman–Crippen MR) is 110 cm³/mol. The molecule has 0 spiro atoms. The first kappa shape index (κ1) is 21.3. The third kappa shape index (κ3) is 5.13. The van der Waals surface area contributed by atoms with Crippen LogP contribution in [0.1, 0.15) is 49.0 Å². The minimum absolute atomic E-state index is 0.00123. The minimum Gasteiger partial charge on any atom is -0.478 e. The number of ether oxygens (including phenoxy) is 1. The summed E-state index contributed by atoms with van der Waals surface area (Å²) >= 11 is 0. The van der Waals surface area contributed by atoms with Gasteiger partial charge in [0.25, 0.3) is 5.91 Å². The number of aromatic nitrogens is 1. The molecule has 0 saturated carbocycles. The van der Waals surface area contributed by atoms with Crippen molar-refractivity contribution >= 4 is 15.9 Å². The van der Waals surface area contributed by atoms with Crippen molar-refractivity contribution in [3.05, 3.63) is 53.7 Å². The lowest BCUT2D eigenvalue weighted by molar-refractivity contribution is 0.0950. The highest BCUT2D eigenvalue weighted by Gasteiger charge is 2.30. The topological polar surface area (TPSA) is 88.6 Å². The third-order valence-electron chi connectivity index (χ3n) is 5.01. The van der Waals surface area contributed by atoms with Crippen LogP contribution in [0, 0.1) is 0 Å². The number of piperidine rings is 1. The zero-order valence-corrected chi connectivity index (χ0v) is 17.6. The minimum atomic E-state index is -3.54. The maximum Gasteiger partial charge on any atom is 0.251 e. The van der Waals surface area contributed by atoms with E-state index in [-0.39, 0.29) is 16.8 Å². The molecule has 1 fully saturated rings. The van der Waals surface area contributed by atoms with Gasteiger partial charge in [0.15, 0.2) is 0 Å². The van der Waals surface area contributed by atoms with E-state index in [2.05, 4.69) is 10.3 Å². The van der Waals surface area contributed by atoms with E-state index in [1.165, 1.54) is 12.1 Å². The summed E-state index contributed by atoms with van der Waals surface area (Å²) in [6.45, 7) is 5.21. The van der Waals surface area contributed by atoms with Crippen molar-refractivity contribution in [2.75, 3.05) is 13.2 Å². The maximum absolute atomic E-state index is 12.9. The lowest BCUT2D eigenvalue weighted by Gasteiger charge is -2.32. The van der Waals surface area contributed by atoms with E-state index >= 15 is 0 Å². The molecular formula is C21H27N3O4S. The van der Waals surface area contributed by atoms with E-state index in [4.69, 9.17) is 4.74 Å². The van der Waals surface area contributed by atoms with Crippen LogP contribution in [0.5, 0.6) is 5.88 Å². The molecular weight excluding hydrogens is 390 g/mol. The van der Waals surface area contributed by atoms with Gasteiger partial charge in [0.05, 0.1) is 11.5 Å². The Labute approximate surface area is 172 Å². The van der Waals surface area contributed by atoms with Crippen LogP contribution in [-0.4, -0.2) is 42.8 Å². The van der Waals surface area contributed by atoms with Gasteiger partial charge in [-0.3, -0.25) is 4.79 Å². The normalized spacial score (nSPS) is 17.7. The monoisotopic (exact) mass is 417 g/mol. The zero-order valence-electron chi connectivity index (χ0n) is 16.8. The number of pyridine rings is 1. The second kappa shape index (κ2) is 9.37. The third-order valence-corrected chi connectivity index (χ3v) is 7.04. The molecule has 1 unspecified atom stereocenters. The largest absolute Gasteiger partial charge is 0.478 e. The number of rotatable bonds is 7. The molecule has 2 heterocycles. The fraction of sp³-hybridized carbons (Fsp3) is 0.429. The van der Waals surface area contributed by atoms with E-state index in [1.807, 2.05) is 13.8 Å². The number of sulfonamides is 1. The second-order valence-electron chi connectivity index (χ2n) is 7.10. The van der Waals surface area contributed by atoms with Gasteiger partial charge in [0.1, 0.15) is 0 Å². The standard InChI is InChI=1S/C21H27N3O4S/c1-3-28-20-14-17(11-12-22-20)15-23-21(25)18-7-9-19(10-8-18)29(26,27)24-13-5-4-6-16(24)2/h7-12,14,16H,3-6,13,15H2,1-2H3,(H,23,25). The molecule has 3 rings (SSSR count). The van der Waals surface area contributed by atoms with Crippen LogP contribution in [0.25, 0.3) is 0 Å². The Bertz CT molecular complexity index is 945. The number of carbonyl (C=O) groups excluding carboxylic acids is 1. The first-order chi connectivity index (χ1) is 13.9. The first-order valence-corrected chi connectivity index (χ1v) is 11.3. The number of nitrogens with one attached hydrogen (secondary N) is 1. The molecule has 1 aliphatic heterocycles. The van der Waals surface area contributed by atoms with Crippen molar-refractivity contribution < 1.29 is 17.9 Å². The average Bonchev–Trinajstić information content (AvgIpc) is 2.73. The number of nitrogens with zero attached hydrogens (tertiary/aromatic N) is 2. The van der Waals surface area contributed by atoms with Crippen LogP contribution < -0.4 is 10.1 Å². The Hall–Kier alpha value is -2.45. The average molecular weight is 418 g/mol. The van der Waals surface area contributed by atoms with Crippen molar-refractivity contribution in [2.24, 2.45) is 0 Å². The molecule has 1 N–H and O–H groups in total. The summed E-state index contributed by atoms with van der Waals surface area (Å²) in [5, 5.41) is 2.83. The van der Waals surface area contributed by atoms with Gasteiger partial charge >= 0.3 is 0 Å². The van der Waals surface area contributed by atoms with Gasteiger partial charge in [-0.15, -0.1) is 0 Å². The van der Waals surface area contributed by atoms with Crippen molar-refractivity contribution in [1.82, 2.24) is 14.6 Å². The van der Waals surface area contributed by atoms with Crippen LogP contribution in [-0.2, 0) is 16.6 Å². The fourth-order valence-corrected chi connectivity index (χ4v) is 5.11. The van der Waals surface area contributed by atoms with E-state index in [1.54, 1.807) is 34.8 Å². The molecule has 1 aromatic heterocycles. The molecule has 29 heavy (non-hydrogen) atoms. The van der Waals surface area contributed by atoms with Gasteiger partial charge in [-0.2, -0.15) is 4.31 Å². The number of hydrogen-bond donors (Lipinski definition) is 1. The highest BCUT2D eigenvalue weighted by molar-refractivity contribution is 7.89. The van der Waals surface area contributed by atoms with Gasteiger partial charge < -0.3 is 10.1 Å². The molecule has 156 valence electrons. The molecule has 7 nitrogen and oxygen atoms in total. The van der Waals surface area contributed by atoms with Crippen molar-refractivity contribution in [3.8, 4) is 5.88 Å². The van der Waals surface area contributed by atoms with Crippen LogP contribution in [0.3, 0.4) is 0 Å². The lowest BCUT2D eigenvalue weighted by Crippen LogP contribution is -2.41. The van der Waals surface area contributed by atoms with Crippen molar-refractivity contribution in [1.29, 1.82) is 0 Å². The summed E-state index contributed by atoms with van der Waals surface area (Å²) in [6.07, 6.45) is 4.44. The Morgan fingerprint density at radius 2 is 2.00 bits per heavy atom. The summed E-state index contributed by atoms with van der Waals surface area (Å²) < 4.78 is 32.7. The van der Waals surface area contributed by atoms with Crippen LogP contribution in [0.4, 0.5) is 0 Å². The summed E-state index contributed by atoms with van der Waals surface area (Å²) in [4.78, 5) is 16.7. The molecule has 1 atom stereocenters. The Morgan fingerprint density at radius 3 is 2.69 bits per heavy atom. The fourth-order valence-electron chi connectivity index (χ4n) is 3.41. The number of amides is 1. The predicted octanol–water partition coefficient (Wildman–Crippen LogP) is 2.97. The highest BCUT2D eigenvalue weighted by Crippen LogP contribution is 2.25. The van der Waals surface area contributed by atoms with Gasteiger partial charge in [-0.25, -0.2) is 13.4 Å². The number of carbonyl (C=O) groups is 1. The Morgan fingerprint density at radius 1 is 1.24 bits per heavy atom. The molecule has 2 aromatic rings. The molecule has 1 saturated heterocycles. The van der Waals surface area contributed by atoms with Gasteiger partial charge in [-0.05, 0) is 62.6 Å². The number of hydrogen-bond acceptors (Lipinski definition) is 5. The smallest absolute Gasteiger partial charge is 0.251 e. The van der Waals surface area contributed by atoms with E-state index in [9.17, 15) is 13.2 Å². The van der Waals surface area contributed by atoms with E-state index in [0.717, 1.165) is 24.8 Å². The molecule has 0 radical (unpaired) electrons. The summed E-state index contributed by atoms with van der Waals surface area (Å²) in [5.74, 6) is 0.246. The van der Waals surface area contributed by atoms with E-state index < -0.39 is 10.0 Å². The van der Waals surface area contributed by atoms with Gasteiger partial charge in [-0.1, -0.05) is 6.42 Å². The maximum atomic E-state index is 12.9. The quantitative estimate of drug-likeness (QED) is 0.748. The Balaban J connectivity index is 1.65. The van der Waals surface area contributed by atoms with E-state index in [0.29, 0.717) is 31.1 Å². The summed E-state index contributed by atoms with van der Waals surface area (Å²) in [5.41, 5.74) is 1.28. The summed E-state index contributed by atoms with van der Waals surface area (Å²) in [6, 6.07) is 9.69. The number of benzene rings is 1.